The number of anilines is 1. The number of benzene rings is 2. The molecule has 0 radical (unpaired) electrons. The minimum absolute atomic E-state index is 0.146. The first kappa shape index (κ1) is 24.7. The van der Waals surface area contributed by atoms with Gasteiger partial charge in [-0.1, -0.05) is 24.3 Å². The maximum Gasteiger partial charge on any atom is 0.508 e. The fraction of sp³-hybridized carbons (Fsp3) is 0.320. The summed E-state index contributed by atoms with van der Waals surface area (Å²) >= 11 is 0. The minimum atomic E-state index is -0.710. The number of hydrogen-bond donors (Lipinski definition) is 0. The van der Waals surface area contributed by atoms with Crippen molar-refractivity contribution in [1.29, 1.82) is 0 Å². The standard InChI is InChI=1S/C25H26N4O7/c1-3-34-25(30)36-21-12-14-28(15-13-21)23-22(29(31)32)24(27-16-26-23)35-20-10-6-18(7-11-20)17-4-8-19(33-2)9-5-17/h4-11,16,21H,3,12-15H2,1-2H3. The summed E-state index contributed by atoms with van der Waals surface area (Å²) in [5, 5.41) is 12.0. The van der Waals surface area contributed by atoms with Gasteiger partial charge in [-0.2, -0.15) is 4.98 Å². The number of nitro groups is 1. The van der Waals surface area contributed by atoms with E-state index in [2.05, 4.69) is 9.97 Å². The van der Waals surface area contributed by atoms with Crippen molar-refractivity contribution in [2.45, 2.75) is 25.9 Å². The van der Waals surface area contributed by atoms with Gasteiger partial charge in [0.1, 0.15) is 23.9 Å². The van der Waals surface area contributed by atoms with Crippen LogP contribution < -0.4 is 14.4 Å². The van der Waals surface area contributed by atoms with E-state index in [1.54, 1.807) is 31.1 Å². The normalized spacial score (nSPS) is 13.7. The molecule has 0 unspecified atom stereocenters. The molecule has 188 valence electrons. The van der Waals surface area contributed by atoms with Gasteiger partial charge in [-0.05, 0) is 42.3 Å². The largest absolute Gasteiger partial charge is 0.508 e. The fourth-order valence-corrected chi connectivity index (χ4v) is 3.90. The minimum Gasteiger partial charge on any atom is -0.497 e. The Labute approximate surface area is 207 Å². The average molecular weight is 495 g/mol. The number of carbonyl (C=O) groups is 1. The quantitative estimate of drug-likeness (QED) is 0.240. The Hall–Kier alpha value is -4.41. The average Bonchev–Trinajstić information content (AvgIpc) is 2.89. The van der Waals surface area contributed by atoms with E-state index in [4.69, 9.17) is 18.9 Å². The molecule has 4 rings (SSSR count). The maximum atomic E-state index is 12.0. The summed E-state index contributed by atoms with van der Waals surface area (Å²) in [5.41, 5.74) is 1.63. The highest BCUT2D eigenvalue weighted by Crippen LogP contribution is 2.37. The Bertz CT molecular complexity index is 1190. The molecule has 36 heavy (non-hydrogen) atoms. The number of nitrogens with zero attached hydrogens (tertiary/aromatic N) is 4. The van der Waals surface area contributed by atoms with E-state index < -0.39 is 11.1 Å². The predicted molar refractivity (Wildman–Crippen MR) is 131 cm³/mol. The van der Waals surface area contributed by atoms with Crippen LogP contribution in [0.4, 0.5) is 16.3 Å². The smallest absolute Gasteiger partial charge is 0.497 e. The molecule has 0 bridgehead atoms. The molecule has 3 aromatic rings. The van der Waals surface area contributed by atoms with Gasteiger partial charge in [0.2, 0.25) is 5.82 Å². The zero-order valence-electron chi connectivity index (χ0n) is 20.0. The van der Waals surface area contributed by atoms with Crippen molar-refractivity contribution in [1.82, 2.24) is 9.97 Å². The highest BCUT2D eigenvalue weighted by Gasteiger charge is 2.32. The number of ether oxygens (including phenoxy) is 4. The van der Waals surface area contributed by atoms with Crippen LogP contribution in [0.25, 0.3) is 11.1 Å². The summed E-state index contributed by atoms with van der Waals surface area (Å²) in [4.78, 5) is 32.9. The Morgan fingerprint density at radius 2 is 1.64 bits per heavy atom. The number of carbonyl (C=O) groups excluding carboxylic acids is 1. The van der Waals surface area contributed by atoms with Gasteiger partial charge in [-0.25, -0.2) is 9.78 Å². The first-order valence-corrected chi connectivity index (χ1v) is 11.5. The number of piperidine rings is 1. The molecular weight excluding hydrogens is 468 g/mol. The van der Waals surface area contributed by atoms with Gasteiger partial charge in [0.25, 0.3) is 0 Å². The van der Waals surface area contributed by atoms with Gasteiger partial charge >= 0.3 is 17.7 Å². The summed E-state index contributed by atoms with van der Waals surface area (Å²) in [5.74, 6) is 1.18. The summed E-state index contributed by atoms with van der Waals surface area (Å²) in [6, 6.07) is 14.8. The highest BCUT2D eigenvalue weighted by atomic mass is 16.7. The molecule has 2 heterocycles. The number of rotatable bonds is 8. The van der Waals surface area contributed by atoms with E-state index in [1.807, 2.05) is 36.4 Å². The number of aromatic nitrogens is 2. The molecule has 11 heteroatoms. The van der Waals surface area contributed by atoms with Crippen LogP contribution in [0.1, 0.15) is 19.8 Å². The van der Waals surface area contributed by atoms with Crippen molar-refractivity contribution in [2.75, 3.05) is 31.7 Å². The SMILES string of the molecule is CCOC(=O)OC1CCN(c2ncnc(Oc3ccc(-c4ccc(OC)cc4)cc3)c2[N+](=O)[O-])CC1. The maximum absolute atomic E-state index is 12.0. The van der Waals surface area contributed by atoms with Crippen molar-refractivity contribution in [3.05, 3.63) is 65.0 Å². The van der Waals surface area contributed by atoms with Crippen molar-refractivity contribution in [2.24, 2.45) is 0 Å². The second-order valence-electron chi connectivity index (χ2n) is 7.95. The Kier molecular flexibility index (Phi) is 7.79. The van der Waals surface area contributed by atoms with Crippen LogP contribution in [0, 0.1) is 10.1 Å². The summed E-state index contributed by atoms with van der Waals surface area (Å²) < 4.78 is 21.1. The summed E-state index contributed by atoms with van der Waals surface area (Å²) in [6.07, 6.45) is 1.19. The van der Waals surface area contributed by atoms with Crippen LogP contribution in [0.2, 0.25) is 0 Å². The zero-order valence-corrected chi connectivity index (χ0v) is 20.0. The van der Waals surface area contributed by atoms with Crippen molar-refractivity contribution < 1.29 is 28.7 Å². The molecule has 0 spiro atoms. The first-order valence-electron chi connectivity index (χ1n) is 11.5. The third kappa shape index (κ3) is 5.80. The van der Waals surface area contributed by atoms with Crippen molar-refractivity contribution in [3.8, 4) is 28.5 Å². The topological polar surface area (TPSA) is 126 Å². The lowest BCUT2D eigenvalue weighted by Crippen LogP contribution is -2.38. The van der Waals surface area contributed by atoms with Crippen LogP contribution in [-0.4, -0.2) is 54.0 Å². The molecule has 11 nitrogen and oxygen atoms in total. The Morgan fingerprint density at radius 3 is 2.19 bits per heavy atom. The second kappa shape index (κ2) is 11.3. The van der Waals surface area contributed by atoms with E-state index in [0.717, 1.165) is 16.9 Å². The van der Waals surface area contributed by atoms with Crippen molar-refractivity contribution in [3.63, 3.8) is 0 Å². The van der Waals surface area contributed by atoms with Gasteiger partial charge in [0, 0.05) is 25.9 Å². The highest BCUT2D eigenvalue weighted by molar-refractivity contribution is 5.66. The zero-order chi connectivity index (χ0) is 25.5. The van der Waals surface area contributed by atoms with Crippen LogP contribution in [-0.2, 0) is 9.47 Å². The lowest BCUT2D eigenvalue weighted by Gasteiger charge is -2.31. The van der Waals surface area contributed by atoms with E-state index in [9.17, 15) is 14.9 Å². The van der Waals surface area contributed by atoms with Gasteiger partial charge in [-0.3, -0.25) is 10.1 Å². The molecule has 2 aromatic carbocycles. The molecule has 0 amide bonds. The Balaban J connectivity index is 1.48. The monoisotopic (exact) mass is 494 g/mol. The van der Waals surface area contributed by atoms with Crippen LogP contribution in [0.5, 0.6) is 17.4 Å². The van der Waals surface area contributed by atoms with Gasteiger partial charge < -0.3 is 23.8 Å². The molecule has 1 fully saturated rings. The van der Waals surface area contributed by atoms with Crippen LogP contribution in [0.3, 0.4) is 0 Å². The first-order chi connectivity index (χ1) is 17.5. The third-order valence-electron chi connectivity index (χ3n) is 5.71. The molecule has 1 aromatic heterocycles. The van der Waals surface area contributed by atoms with E-state index >= 15 is 0 Å². The lowest BCUT2D eigenvalue weighted by molar-refractivity contribution is -0.385. The summed E-state index contributed by atoms with van der Waals surface area (Å²) in [6.45, 7) is 2.76. The van der Waals surface area contributed by atoms with Crippen LogP contribution in [0.15, 0.2) is 54.9 Å². The van der Waals surface area contributed by atoms with Gasteiger partial charge in [-0.15, -0.1) is 0 Å². The van der Waals surface area contributed by atoms with Gasteiger partial charge in [0.05, 0.1) is 18.6 Å². The third-order valence-corrected chi connectivity index (χ3v) is 5.71. The lowest BCUT2D eigenvalue weighted by atomic mass is 10.1. The molecular formula is C25H26N4O7. The number of hydrogen-bond acceptors (Lipinski definition) is 10. The molecule has 0 N–H and O–H groups in total. The molecule has 0 atom stereocenters. The van der Waals surface area contributed by atoms with Crippen LogP contribution >= 0.6 is 0 Å². The number of methoxy groups -OCH3 is 1. The molecule has 1 saturated heterocycles. The molecule has 1 aliphatic heterocycles. The second-order valence-corrected chi connectivity index (χ2v) is 7.95. The van der Waals surface area contributed by atoms with E-state index in [-0.39, 0.29) is 30.1 Å². The Morgan fingerprint density at radius 1 is 1.03 bits per heavy atom. The van der Waals surface area contributed by atoms with Gasteiger partial charge in [0.15, 0.2) is 0 Å². The van der Waals surface area contributed by atoms with E-state index in [0.29, 0.717) is 31.7 Å². The van der Waals surface area contributed by atoms with Crippen molar-refractivity contribution >= 4 is 17.7 Å². The van der Waals surface area contributed by atoms with E-state index in [1.165, 1.54) is 6.33 Å². The molecule has 1 aliphatic rings. The summed E-state index contributed by atoms with van der Waals surface area (Å²) in [7, 11) is 1.61. The molecule has 0 saturated carbocycles. The molecule has 0 aliphatic carbocycles. The predicted octanol–water partition coefficient (Wildman–Crippen LogP) is 4.99. The fourth-order valence-electron chi connectivity index (χ4n) is 3.90.